The number of halogens is 1. The summed E-state index contributed by atoms with van der Waals surface area (Å²) in [6.07, 6.45) is 2.29. The van der Waals surface area contributed by atoms with E-state index in [9.17, 15) is 4.79 Å². The number of carbonyl (C=O) groups excluding carboxylic acids is 1. The van der Waals surface area contributed by atoms with Crippen LogP contribution in [0.5, 0.6) is 11.6 Å². The van der Waals surface area contributed by atoms with Crippen molar-refractivity contribution in [2.45, 2.75) is 12.8 Å². The van der Waals surface area contributed by atoms with Gasteiger partial charge in [-0.05, 0) is 30.3 Å². The molecule has 0 unspecified atom stereocenters. The summed E-state index contributed by atoms with van der Waals surface area (Å²) in [6, 6.07) is 22.0. The minimum absolute atomic E-state index is 0.0202. The average molecular weight is 405 g/mol. The van der Waals surface area contributed by atoms with Crippen LogP contribution in [0.4, 0.5) is 0 Å². The van der Waals surface area contributed by atoms with Crippen LogP contribution in [-0.4, -0.2) is 15.9 Å². The van der Waals surface area contributed by atoms with Gasteiger partial charge in [-0.25, -0.2) is 4.98 Å². The SMILES string of the molecule is O=C(CCc1cc(-c2ccc(Cl)cc2)no1)c1ccc(Oc2ccccc2)nc1. The lowest BCUT2D eigenvalue weighted by Gasteiger charge is -2.05. The van der Waals surface area contributed by atoms with Crippen LogP contribution in [0.2, 0.25) is 5.02 Å². The third-order valence-electron chi connectivity index (χ3n) is 4.32. The molecule has 2 heterocycles. The van der Waals surface area contributed by atoms with Crippen LogP contribution in [-0.2, 0) is 6.42 Å². The molecule has 0 spiro atoms. The van der Waals surface area contributed by atoms with Gasteiger partial charge in [0.15, 0.2) is 5.78 Å². The highest BCUT2D eigenvalue weighted by Crippen LogP contribution is 2.22. The summed E-state index contributed by atoms with van der Waals surface area (Å²) < 4.78 is 11.0. The number of carbonyl (C=O) groups is 1. The van der Waals surface area contributed by atoms with Gasteiger partial charge < -0.3 is 9.26 Å². The zero-order valence-corrected chi connectivity index (χ0v) is 16.2. The van der Waals surface area contributed by atoms with Gasteiger partial charge in [0.05, 0.1) is 0 Å². The standard InChI is InChI=1S/C23H17ClN2O3/c24-18-9-6-16(7-10-18)21-14-20(29-26-21)11-12-22(27)17-8-13-23(25-15-17)28-19-4-2-1-3-5-19/h1-10,13-15H,11-12H2. The van der Waals surface area contributed by atoms with Crippen molar-refractivity contribution in [1.82, 2.24) is 10.1 Å². The number of pyridine rings is 1. The van der Waals surface area contributed by atoms with Gasteiger partial charge in [0.1, 0.15) is 17.2 Å². The van der Waals surface area contributed by atoms with Crippen LogP contribution in [0.1, 0.15) is 22.5 Å². The molecule has 0 saturated heterocycles. The van der Waals surface area contributed by atoms with Gasteiger partial charge in [-0.1, -0.05) is 47.1 Å². The van der Waals surface area contributed by atoms with E-state index in [1.165, 1.54) is 6.20 Å². The van der Waals surface area contributed by atoms with E-state index in [4.69, 9.17) is 20.9 Å². The molecule has 0 amide bonds. The maximum absolute atomic E-state index is 12.4. The number of para-hydroxylation sites is 1. The molecular formula is C23H17ClN2O3. The van der Waals surface area contributed by atoms with E-state index in [0.29, 0.717) is 46.5 Å². The molecule has 144 valence electrons. The molecule has 0 bridgehead atoms. The van der Waals surface area contributed by atoms with Crippen molar-refractivity contribution < 1.29 is 14.1 Å². The molecule has 0 N–H and O–H groups in total. The molecule has 0 fully saturated rings. The van der Waals surface area contributed by atoms with Gasteiger partial charge in [-0.3, -0.25) is 4.79 Å². The monoisotopic (exact) mass is 404 g/mol. The second-order valence-electron chi connectivity index (χ2n) is 6.41. The van der Waals surface area contributed by atoms with E-state index < -0.39 is 0 Å². The van der Waals surface area contributed by atoms with Gasteiger partial charge in [0.2, 0.25) is 5.88 Å². The first kappa shape index (κ1) is 18.9. The molecular weight excluding hydrogens is 388 g/mol. The van der Waals surface area contributed by atoms with Gasteiger partial charge in [0, 0.05) is 47.3 Å². The van der Waals surface area contributed by atoms with Gasteiger partial charge in [-0.2, -0.15) is 0 Å². The fraction of sp³-hybridized carbons (Fsp3) is 0.0870. The predicted molar refractivity (Wildman–Crippen MR) is 110 cm³/mol. The van der Waals surface area contributed by atoms with Crippen LogP contribution in [0.3, 0.4) is 0 Å². The van der Waals surface area contributed by atoms with Crippen LogP contribution in [0.25, 0.3) is 11.3 Å². The molecule has 0 radical (unpaired) electrons. The van der Waals surface area contributed by atoms with Gasteiger partial charge >= 0.3 is 0 Å². The highest BCUT2D eigenvalue weighted by atomic mass is 35.5. The minimum atomic E-state index is -0.0202. The topological polar surface area (TPSA) is 65.2 Å². The number of benzene rings is 2. The molecule has 0 aliphatic heterocycles. The number of Topliss-reactive ketones (excluding diaryl/α,β-unsaturated/α-hetero) is 1. The van der Waals surface area contributed by atoms with Crippen molar-refractivity contribution in [3.63, 3.8) is 0 Å². The Kier molecular flexibility index (Phi) is 5.68. The Morgan fingerprint density at radius 1 is 1.00 bits per heavy atom. The van der Waals surface area contributed by atoms with Crippen molar-refractivity contribution in [2.75, 3.05) is 0 Å². The fourth-order valence-electron chi connectivity index (χ4n) is 2.78. The molecule has 0 atom stereocenters. The molecule has 2 aromatic carbocycles. The first-order chi connectivity index (χ1) is 14.2. The van der Waals surface area contributed by atoms with E-state index in [0.717, 1.165) is 5.56 Å². The molecule has 2 aromatic heterocycles. The van der Waals surface area contributed by atoms with Crippen LogP contribution >= 0.6 is 11.6 Å². The summed E-state index contributed by atoms with van der Waals surface area (Å²) in [6.45, 7) is 0. The van der Waals surface area contributed by atoms with Gasteiger partial charge in [0.25, 0.3) is 0 Å². The van der Waals surface area contributed by atoms with Crippen LogP contribution in [0.15, 0.2) is 83.5 Å². The number of ether oxygens (including phenoxy) is 1. The smallest absolute Gasteiger partial charge is 0.219 e. The number of ketones is 1. The van der Waals surface area contributed by atoms with Crippen LogP contribution < -0.4 is 4.74 Å². The van der Waals surface area contributed by atoms with E-state index in [2.05, 4.69) is 10.1 Å². The minimum Gasteiger partial charge on any atom is -0.439 e. The largest absolute Gasteiger partial charge is 0.439 e. The lowest BCUT2D eigenvalue weighted by Crippen LogP contribution is -2.01. The molecule has 29 heavy (non-hydrogen) atoms. The number of hydrogen-bond acceptors (Lipinski definition) is 5. The maximum Gasteiger partial charge on any atom is 0.219 e. The Hall–Kier alpha value is -3.44. The summed E-state index contributed by atoms with van der Waals surface area (Å²) in [5.74, 6) is 1.77. The third kappa shape index (κ3) is 4.89. The zero-order valence-electron chi connectivity index (χ0n) is 15.4. The average Bonchev–Trinajstić information content (AvgIpc) is 3.23. The Morgan fingerprint density at radius 2 is 1.79 bits per heavy atom. The lowest BCUT2D eigenvalue weighted by molar-refractivity contribution is 0.0980. The first-order valence-corrected chi connectivity index (χ1v) is 9.49. The van der Waals surface area contributed by atoms with Crippen molar-refractivity contribution in [3.05, 3.63) is 95.3 Å². The fourth-order valence-corrected chi connectivity index (χ4v) is 2.91. The van der Waals surface area contributed by atoms with E-state index in [-0.39, 0.29) is 5.78 Å². The number of aryl methyl sites for hydroxylation is 1. The maximum atomic E-state index is 12.4. The lowest BCUT2D eigenvalue weighted by atomic mass is 10.1. The highest BCUT2D eigenvalue weighted by molar-refractivity contribution is 6.30. The summed E-state index contributed by atoms with van der Waals surface area (Å²) in [5, 5.41) is 4.72. The Labute approximate surface area is 172 Å². The molecule has 4 aromatic rings. The van der Waals surface area contributed by atoms with Gasteiger partial charge in [-0.15, -0.1) is 0 Å². The molecule has 4 rings (SSSR count). The predicted octanol–water partition coefficient (Wildman–Crippen LogP) is 6.00. The quantitative estimate of drug-likeness (QED) is 0.353. The van der Waals surface area contributed by atoms with Crippen molar-refractivity contribution in [1.29, 1.82) is 0 Å². The number of rotatable bonds is 7. The first-order valence-electron chi connectivity index (χ1n) is 9.11. The normalized spacial score (nSPS) is 10.7. The van der Waals surface area contributed by atoms with Crippen molar-refractivity contribution >= 4 is 17.4 Å². The summed E-state index contributed by atoms with van der Waals surface area (Å²) in [7, 11) is 0. The molecule has 0 aliphatic rings. The molecule has 5 nitrogen and oxygen atoms in total. The second kappa shape index (κ2) is 8.71. The molecule has 0 aliphatic carbocycles. The number of nitrogens with zero attached hydrogens (tertiary/aromatic N) is 2. The highest BCUT2D eigenvalue weighted by Gasteiger charge is 2.11. The Morgan fingerprint density at radius 3 is 2.52 bits per heavy atom. The second-order valence-corrected chi connectivity index (χ2v) is 6.85. The summed E-state index contributed by atoms with van der Waals surface area (Å²) in [4.78, 5) is 16.7. The summed E-state index contributed by atoms with van der Waals surface area (Å²) in [5.41, 5.74) is 2.16. The van der Waals surface area contributed by atoms with E-state index >= 15 is 0 Å². The Bertz CT molecular complexity index is 1090. The Balaban J connectivity index is 1.34. The van der Waals surface area contributed by atoms with Crippen molar-refractivity contribution in [3.8, 4) is 22.9 Å². The van der Waals surface area contributed by atoms with E-state index in [1.54, 1.807) is 24.3 Å². The molecule has 0 saturated carbocycles. The summed E-state index contributed by atoms with van der Waals surface area (Å²) >= 11 is 5.90. The molecule has 6 heteroatoms. The zero-order chi connectivity index (χ0) is 20.1. The number of aromatic nitrogens is 2. The van der Waals surface area contributed by atoms with Crippen molar-refractivity contribution in [2.24, 2.45) is 0 Å². The van der Waals surface area contributed by atoms with Crippen LogP contribution in [0, 0.1) is 0 Å². The number of hydrogen-bond donors (Lipinski definition) is 0. The third-order valence-corrected chi connectivity index (χ3v) is 4.57. The van der Waals surface area contributed by atoms with E-state index in [1.807, 2.05) is 48.5 Å².